The average Bonchev–Trinajstić information content (AvgIpc) is 3.45. The summed E-state index contributed by atoms with van der Waals surface area (Å²) in [5, 5.41) is 0. The molecule has 4 aromatic rings. The number of oxazole rings is 1. The second-order valence-electron chi connectivity index (χ2n) is 9.47. The molecule has 0 radical (unpaired) electrons. The highest BCUT2D eigenvalue weighted by molar-refractivity contribution is 7.86. The van der Waals surface area contributed by atoms with E-state index in [1.165, 1.54) is 0 Å². The Balaban J connectivity index is 0.00000405. The molecular formula is C29H30N2O9S2. The third-order valence-corrected chi connectivity index (χ3v) is 8.13. The summed E-state index contributed by atoms with van der Waals surface area (Å²) >= 11 is 0. The van der Waals surface area contributed by atoms with Crippen LogP contribution >= 0.6 is 0 Å². The molecule has 13 heteroatoms. The fraction of sp³-hybridized carbons (Fsp3) is 0.207. The van der Waals surface area contributed by atoms with Gasteiger partial charge >= 0.3 is 5.89 Å². The van der Waals surface area contributed by atoms with Crippen LogP contribution in [0.5, 0.6) is 5.75 Å². The Morgan fingerprint density at radius 3 is 2.26 bits per heavy atom. The van der Waals surface area contributed by atoms with Crippen molar-refractivity contribution in [2.24, 2.45) is 0 Å². The predicted molar refractivity (Wildman–Crippen MR) is 157 cm³/mol. The molecular weight excluding hydrogens is 584 g/mol. The van der Waals surface area contributed by atoms with E-state index >= 15 is 0 Å². The monoisotopic (exact) mass is 614 g/mol. The number of allylic oxidation sites excluding steroid dienone is 2. The smallest absolute Gasteiger partial charge is 0.374 e. The first-order valence-corrected chi connectivity index (χ1v) is 16.1. The highest BCUT2D eigenvalue weighted by Gasteiger charge is 2.27. The molecule has 0 saturated heterocycles. The Morgan fingerprint density at radius 1 is 0.833 bits per heavy atom. The van der Waals surface area contributed by atoms with Gasteiger partial charge in [0.1, 0.15) is 0 Å². The van der Waals surface area contributed by atoms with Gasteiger partial charge in [-0.05, 0) is 48.4 Å². The Labute approximate surface area is 243 Å². The summed E-state index contributed by atoms with van der Waals surface area (Å²) in [6, 6.07) is 22.8. The van der Waals surface area contributed by atoms with Gasteiger partial charge in [0.25, 0.3) is 25.8 Å². The van der Waals surface area contributed by atoms with Crippen molar-refractivity contribution in [2.45, 2.75) is 19.4 Å². The van der Waals surface area contributed by atoms with Crippen LogP contribution in [0.25, 0.3) is 28.3 Å². The van der Waals surface area contributed by atoms with Gasteiger partial charge in [0, 0.05) is 13.0 Å². The van der Waals surface area contributed by atoms with E-state index in [9.17, 15) is 21.4 Å². The number of hydrogen-bond donors (Lipinski definition) is 2. The Hall–Kier alpha value is -4.01. The number of rotatable bonds is 11. The van der Waals surface area contributed by atoms with Gasteiger partial charge in [-0.3, -0.25) is 9.11 Å². The normalized spacial score (nSPS) is 14.3. The Bertz CT molecular complexity index is 1830. The van der Waals surface area contributed by atoms with Crippen molar-refractivity contribution < 1.29 is 45.1 Å². The van der Waals surface area contributed by atoms with Gasteiger partial charge in [-0.15, -0.1) is 0 Å². The predicted octanol–water partition coefficient (Wildman–Crippen LogP) is 4.52. The summed E-state index contributed by atoms with van der Waals surface area (Å²) in [4.78, 5) is 1.83. The maximum atomic E-state index is 11.4. The van der Waals surface area contributed by atoms with E-state index < -0.39 is 26.0 Å². The molecule has 0 aliphatic carbocycles. The standard InChI is InChI=1S/C29H28N2O8S2.H2O/c32-40(33,34)20-8-18-30-24-13-4-5-14-25(24)38-27(30)16-7-17-28-31(19-9-21-41(35,36)37)29-23(12-6-15-26(29)39-28)22-10-2-1-3-11-22;/h1-7,10-17H,8-9,18-21H2,(H-,32,33,34,35,36,37);1H2. The fourth-order valence-electron chi connectivity index (χ4n) is 4.79. The van der Waals surface area contributed by atoms with Gasteiger partial charge in [-0.2, -0.15) is 21.4 Å². The number of anilines is 1. The highest BCUT2D eigenvalue weighted by Crippen LogP contribution is 2.38. The molecule has 11 nitrogen and oxygen atoms in total. The lowest BCUT2D eigenvalue weighted by Gasteiger charge is -2.17. The first-order valence-electron chi connectivity index (χ1n) is 12.9. The van der Waals surface area contributed by atoms with E-state index in [0.717, 1.165) is 22.3 Å². The molecule has 0 saturated carbocycles. The van der Waals surface area contributed by atoms with Gasteiger partial charge in [-0.1, -0.05) is 48.5 Å². The van der Waals surface area contributed by atoms with Crippen molar-refractivity contribution in [3.05, 3.63) is 96.7 Å². The summed E-state index contributed by atoms with van der Waals surface area (Å²) in [7, 11) is -8.22. The molecule has 3 N–H and O–H groups in total. The van der Waals surface area contributed by atoms with Crippen molar-refractivity contribution in [2.75, 3.05) is 23.0 Å². The lowest BCUT2D eigenvalue weighted by Crippen LogP contribution is -2.36. The van der Waals surface area contributed by atoms with Crippen LogP contribution in [0.4, 0.5) is 5.69 Å². The van der Waals surface area contributed by atoms with Gasteiger partial charge in [0.05, 0.1) is 28.8 Å². The molecule has 1 aliphatic rings. The van der Waals surface area contributed by atoms with E-state index in [1.54, 1.807) is 18.2 Å². The van der Waals surface area contributed by atoms with Crippen LogP contribution in [0.15, 0.2) is 95.2 Å². The molecule has 0 bridgehead atoms. The molecule has 0 fully saturated rings. The number of para-hydroxylation sites is 3. The lowest BCUT2D eigenvalue weighted by molar-refractivity contribution is -0.677. The second kappa shape index (κ2) is 12.9. The quantitative estimate of drug-likeness (QED) is 0.181. The fourth-order valence-corrected chi connectivity index (χ4v) is 5.78. The highest BCUT2D eigenvalue weighted by atomic mass is 32.2. The van der Waals surface area contributed by atoms with Gasteiger partial charge in [0.15, 0.2) is 12.3 Å². The summed E-state index contributed by atoms with van der Waals surface area (Å²) < 4.78 is 77.8. The number of aryl methyl sites for hydroxylation is 1. The zero-order chi connectivity index (χ0) is 29.0. The van der Waals surface area contributed by atoms with Crippen molar-refractivity contribution >= 4 is 43.1 Å². The van der Waals surface area contributed by atoms with E-state index in [-0.39, 0.29) is 30.6 Å². The molecule has 42 heavy (non-hydrogen) atoms. The minimum absolute atomic E-state index is 0. The SMILES string of the molecule is O=S(=O)(O)CCCN1C(=CC=Cc2oc3cccc(-c4ccccc4)c3[n+]2CCCS(=O)(=O)O)Oc2ccccc21.[OH-]. The van der Waals surface area contributed by atoms with E-state index in [2.05, 4.69) is 0 Å². The molecule has 0 spiro atoms. The van der Waals surface area contributed by atoms with E-state index in [1.807, 2.05) is 82.3 Å². The van der Waals surface area contributed by atoms with Crippen LogP contribution in [0, 0.1) is 0 Å². The van der Waals surface area contributed by atoms with Crippen LogP contribution in [-0.4, -0.2) is 49.5 Å². The summed E-state index contributed by atoms with van der Waals surface area (Å²) in [6.07, 6.45) is 5.55. The summed E-state index contributed by atoms with van der Waals surface area (Å²) in [5.74, 6) is 0.787. The minimum atomic E-state index is -4.13. The van der Waals surface area contributed by atoms with Crippen molar-refractivity contribution in [3.8, 4) is 16.9 Å². The molecule has 1 aromatic heterocycles. The molecule has 3 aromatic carbocycles. The number of fused-ring (bicyclic) bond motifs is 2. The molecule has 0 amide bonds. The minimum Gasteiger partial charge on any atom is -0.870 e. The largest absolute Gasteiger partial charge is 0.870 e. The molecule has 0 unspecified atom stereocenters. The average molecular weight is 615 g/mol. The zero-order valence-corrected chi connectivity index (χ0v) is 24.0. The number of hydrogen-bond acceptors (Lipinski definition) is 8. The van der Waals surface area contributed by atoms with E-state index in [4.69, 9.17) is 13.7 Å². The Morgan fingerprint density at radius 2 is 1.52 bits per heavy atom. The Kier molecular flexibility index (Phi) is 9.49. The topological polar surface area (TPSA) is 168 Å². The molecule has 0 atom stereocenters. The first kappa shape index (κ1) is 30.9. The van der Waals surface area contributed by atoms with Crippen molar-refractivity contribution in [3.63, 3.8) is 0 Å². The second-order valence-corrected chi connectivity index (χ2v) is 12.6. The van der Waals surface area contributed by atoms with Crippen LogP contribution in [-0.2, 0) is 26.8 Å². The van der Waals surface area contributed by atoms with Crippen molar-refractivity contribution in [1.82, 2.24) is 0 Å². The van der Waals surface area contributed by atoms with Gasteiger partial charge in [0.2, 0.25) is 11.5 Å². The zero-order valence-electron chi connectivity index (χ0n) is 22.4. The van der Waals surface area contributed by atoms with Crippen LogP contribution in [0.3, 0.4) is 0 Å². The molecule has 1 aliphatic heterocycles. The molecule has 5 rings (SSSR count). The number of nitrogens with zero attached hydrogens (tertiary/aromatic N) is 2. The van der Waals surface area contributed by atoms with Crippen LogP contribution < -0.4 is 14.2 Å². The van der Waals surface area contributed by atoms with Crippen molar-refractivity contribution in [1.29, 1.82) is 0 Å². The third-order valence-electron chi connectivity index (χ3n) is 6.52. The lowest BCUT2D eigenvalue weighted by atomic mass is 10.0. The summed E-state index contributed by atoms with van der Waals surface area (Å²) in [5.41, 5.74) is 4.06. The number of benzene rings is 3. The first-order chi connectivity index (χ1) is 19.6. The molecule has 2 heterocycles. The maximum Gasteiger partial charge on any atom is 0.374 e. The summed E-state index contributed by atoms with van der Waals surface area (Å²) in [6.45, 7) is 0.577. The van der Waals surface area contributed by atoms with Gasteiger partial charge < -0.3 is 19.5 Å². The number of ether oxygens (including phenoxy) is 1. The maximum absolute atomic E-state index is 11.4. The van der Waals surface area contributed by atoms with Crippen LogP contribution in [0.1, 0.15) is 18.7 Å². The van der Waals surface area contributed by atoms with E-state index in [0.29, 0.717) is 29.7 Å². The number of aromatic nitrogens is 1. The molecule has 222 valence electrons. The van der Waals surface area contributed by atoms with Crippen LogP contribution in [0.2, 0.25) is 0 Å². The third kappa shape index (κ3) is 7.43. The van der Waals surface area contributed by atoms with Gasteiger partial charge in [-0.25, -0.2) is 0 Å².